The molecule has 1 atom stereocenters. The standard InChI is InChI=1S/C25H29NO5/c1-5-30-21-13-19-10-16(2)31-22(19)12-18(21)6-7-25(27)26-9-8-17-11-23(28-3)24(29-4)14-20(17)15-26/h6-7,11-14,16H,5,8-10,15H2,1-4H3/b7-6+/t16-/m0/s1. The van der Waals surface area contributed by atoms with Gasteiger partial charge in [-0.3, -0.25) is 4.79 Å². The highest BCUT2D eigenvalue weighted by Gasteiger charge is 2.23. The van der Waals surface area contributed by atoms with Gasteiger partial charge in [-0.15, -0.1) is 0 Å². The molecule has 0 aliphatic carbocycles. The van der Waals surface area contributed by atoms with E-state index in [4.69, 9.17) is 18.9 Å². The Morgan fingerprint density at radius 3 is 2.52 bits per heavy atom. The van der Waals surface area contributed by atoms with Crippen LogP contribution in [0.3, 0.4) is 0 Å². The third-order valence-electron chi connectivity index (χ3n) is 5.76. The Balaban J connectivity index is 1.52. The van der Waals surface area contributed by atoms with Crippen LogP contribution in [-0.4, -0.2) is 44.3 Å². The first-order valence-corrected chi connectivity index (χ1v) is 10.7. The van der Waals surface area contributed by atoms with Crippen molar-refractivity contribution in [2.75, 3.05) is 27.4 Å². The summed E-state index contributed by atoms with van der Waals surface area (Å²) >= 11 is 0. The monoisotopic (exact) mass is 423 g/mol. The van der Waals surface area contributed by atoms with Crippen LogP contribution in [-0.2, 0) is 24.2 Å². The molecular formula is C25H29NO5. The minimum absolute atomic E-state index is 0.0299. The number of rotatable bonds is 6. The molecule has 0 spiro atoms. The third-order valence-corrected chi connectivity index (χ3v) is 5.76. The van der Waals surface area contributed by atoms with Gasteiger partial charge in [-0.25, -0.2) is 0 Å². The number of ether oxygens (including phenoxy) is 4. The third kappa shape index (κ3) is 4.33. The summed E-state index contributed by atoms with van der Waals surface area (Å²) in [5.41, 5.74) is 4.28. The van der Waals surface area contributed by atoms with Gasteiger partial charge in [-0.2, -0.15) is 0 Å². The summed E-state index contributed by atoms with van der Waals surface area (Å²) in [6.45, 7) is 5.78. The Bertz CT molecular complexity index is 1010. The zero-order chi connectivity index (χ0) is 22.0. The molecule has 2 aromatic rings. The van der Waals surface area contributed by atoms with Crippen molar-refractivity contribution in [3.63, 3.8) is 0 Å². The minimum Gasteiger partial charge on any atom is -0.493 e. The fraction of sp³-hybridized carbons (Fsp3) is 0.400. The van der Waals surface area contributed by atoms with Gasteiger partial charge in [0.25, 0.3) is 0 Å². The molecule has 2 aliphatic rings. The van der Waals surface area contributed by atoms with Gasteiger partial charge in [0.2, 0.25) is 5.91 Å². The molecule has 31 heavy (non-hydrogen) atoms. The molecule has 2 heterocycles. The molecule has 0 aromatic heterocycles. The molecule has 6 nitrogen and oxygen atoms in total. The van der Waals surface area contributed by atoms with Gasteiger partial charge < -0.3 is 23.8 Å². The van der Waals surface area contributed by atoms with Gasteiger partial charge >= 0.3 is 0 Å². The number of hydrogen-bond acceptors (Lipinski definition) is 5. The summed E-state index contributed by atoms with van der Waals surface area (Å²) in [5.74, 6) is 3.02. The van der Waals surface area contributed by atoms with Gasteiger partial charge in [-0.1, -0.05) is 0 Å². The van der Waals surface area contributed by atoms with Crippen LogP contribution in [0.25, 0.3) is 6.08 Å². The smallest absolute Gasteiger partial charge is 0.246 e. The Labute approximate surface area is 183 Å². The van der Waals surface area contributed by atoms with E-state index in [2.05, 4.69) is 6.92 Å². The lowest BCUT2D eigenvalue weighted by Crippen LogP contribution is -2.34. The zero-order valence-electron chi connectivity index (χ0n) is 18.6. The van der Waals surface area contributed by atoms with Crippen LogP contribution in [0.15, 0.2) is 30.3 Å². The van der Waals surface area contributed by atoms with Crippen molar-refractivity contribution in [1.29, 1.82) is 0 Å². The van der Waals surface area contributed by atoms with Crippen LogP contribution in [0.2, 0.25) is 0 Å². The molecule has 2 aliphatic heterocycles. The average Bonchev–Trinajstić information content (AvgIpc) is 3.14. The van der Waals surface area contributed by atoms with Crippen molar-refractivity contribution in [3.05, 3.63) is 52.6 Å². The molecule has 1 amide bonds. The van der Waals surface area contributed by atoms with Crippen molar-refractivity contribution in [1.82, 2.24) is 4.90 Å². The molecule has 2 aromatic carbocycles. The molecule has 0 N–H and O–H groups in total. The lowest BCUT2D eigenvalue weighted by Gasteiger charge is -2.28. The van der Waals surface area contributed by atoms with Crippen molar-refractivity contribution >= 4 is 12.0 Å². The summed E-state index contributed by atoms with van der Waals surface area (Å²) in [6.07, 6.45) is 5.26. The van der Waals surface area contributed by atoms with E-state index in [-0.39, 0.29) is 12.0 Å². The Kier molecular flexibility index (Phi) is 6.07. The van der Waals surface area contributed by atoms with Crippen LogP contribution in [0, 0.1) is 0 Å². The summed E-state index contributed by atoms with van der Waals surface area (Å²) < 4.78 is 22.5. The summed E-state index contributed by atoms with van der Waals surface area (Å²) in [4.78, 5) is 14.8. The minimum atomic E-state index is -0.0299. The van der Waals surface area contributed by atoms with Gasteiger partial charge in [0.1, 0.15) is 17.6 Å². The maximum atomic E-state index is 12.9. The van der Waals surface area contributed by atoms with Gasteiger partial charge in [0.05, 0.1) is 20.8 Å². The van der Waals surface area contributed by atoms with E-state index in [9.17, 15) is 4.79 Å². The second-order valence-corrected chi connectivity index (χ2v) is 7.88. The molecular weight excluding hydrogens is 394 g/mol. The normalized spacial score (nSPS) is 17.2. The lowest BCUT2D eigenvalue weighted by molar-refractivity contribution is -0.126. The predicted molar refractivity (Wildman–Crippen MR) is 119 cm³/mol. The van der Waals surface area contributed by atoms with Crippen LogP contribution in [0.1, 0.15) is 36.1 Å². The summed E-state index contributed by atoms with van der Waals surface area (Å²) in [5, 5.41) is 0. The first-order valence-electron chi connectivity index (χ1n) is 10.7. The van der Waals surface area contributed by atoms with E-state index in [1.165, 1.54) is 5.56 Å². The molecule has 164 valence electrons. The fourth-order valence-corrected chi connectivity index (χ4v) is 4.20. The maximum absolute atomic E-state index is 12.9. The number of benzene rings is 2. The largest absolute Gasteiger partial charge is 0.493 e. The molecule has 6 heteroatoms. The second-order valence-electron chi connectivity index (χ2n) is 7.88. The average molecular weight is 424 g/mol. The van der Waals surface area contributed by atoms with Crippen LogP contribution < -0.4 is 18.9 Å². The van der Waals surface area contributed by atoms with Crippen LogP contribution >= 0.6 is 0 Å². The molecule has 0 bridgehead atoms. The highest BCUT2D eigenvalue weighted by Crippen LogP contribution is 2.36. The highest BCUT2D eigenvalue weighted by atomic mass is 16.5. The van der Waals surface area contributed by atoms with E-state index in [1.54, 1.807) is 20.3 Å². The van der Waals surface area contributed by atoms with Gasteiger partial charge in [-0.05, 0) is 61.7 Å². The number of carbonyl (C=O) groups excluding carboxylic acids is 1. The lowest BCUT2D eigenvalue weighted by atomic mass is 9.98. The van der Waals surface area contributed by atoms with Crippen molar-refractivity contribution in [3.8, 4) is 23.0 Å². The molecule has 0 fully saturated rings. The number of hydrogen-bond donors (Lipinski definition) is 0. The van der Waals surface area contributed by atoms with Crippen molar-refractivity contribution in [2.45, 2.75) is 39.3 Å². The Hall–Kier alpha value is -3.15. The number of nitrogens with zero attached hydrogens (tertiary/aromatic N) is 1. The van der Waals surface area contributed by atoms with E-state index in [0.717, 1.165) is 46.8 Å². The topological polar surface area (TPSA) is 57.2 Å². The zero-order valence-corrected chi connectivity index (χ0v) is 18.6. The molecule has 0 radical (unpaired) electrons. The number of amides is 1. The van der Waals surface area contributed by atoms with Crippen molar-refractivity contribution in [2.24, 2.45) is 0 Å². The fourth-order valence-electron chi connectivity index (χ4n) is 4.20. The second kappa shape index (κ2) is 8.92. The van der Waals surface area contributed by atoms with Crippen LogP contribution in [0.4, 0.5) is 0 Å². The molecule has 0 saturated heterocycles. The SMILES string of the molecule is CCOc1cc2c(cc1/C=C/C(=O)N1CCc3cc(OC)c(OC)cc3C1)O[C@@H](C)C2. The summed E-state index contributed by atoms with van der Waals surface area (Å²) in [7, 11) is 3.25. The van der Waals surface area contributed by atoms with Crippen LogP contribution in [0.5, 0.6) is 23.0 Å². The van der Waals surface area contributed by atoms with E-state index in [1.807, 2.05) is 42.2 Å². The van der Waals surface area contributed by atoms with E-state index < -0.39 is 0 Å². The predicted octanol–water partition coefficient (Wildman–Crippen LogP) is 4.02. The van der Waals surface area contributed by atoms with Gasteiger partial charge in [0, 0.05) is 36.7 Å². The van der Waals surface area contributed by atoms with Gasteiger partial charge in [0.15, 0.2) is 11.5 Å². The summed E-state index contributed by atoms with van der Waals surface area (Å²) in [6, 6.07) is 7.97. The molecule has 0 saturated carbocycles. The van der Waals surface area contributed by atoms with E-state index in [0.29, 0.717) is 25.4 Å². The molecule has 0 unspecified atom stereocenters. The maximum Gasteiger partial charge on any atom is 0.246 e. The number of carbonyl (C=O) groups is 1. The van der Waals surface area contributed by atoms with Crippen molar-refractivity contribution < 1.29 is 23.7 Å². The number of fused-ring (bicyclic) bond motifs is 2. The Morgan fingerprint density at radius 1 is 1.10 bits per heavy atom. The number of methoxy groups -OCH3 is 2. The highest BCUT2D eigenvalue weighted by molar-refractivity contribution is 5.92. The first kappa shape index (κ1) is 21.1. The van der Waals surface area contributed by atoms with E-state index >= 15 is 0 Å². The Morgan fingerprint density at radius 2 is 1.81 bits per heavy atom. The molecule has 4 rings (SSSR count). The quantitative estimate of drug-likeness (QED) is 0.657. The first-order chi connectivity index (χ1) is 15.0.